The van der Waals surface area contributed by atoms with E-state index in [1.165, 1.54) is 5.56 Å². The van der Waals surface area contributed by atoms with E-state index in [-0.39, 0.29) is 18.3 Å². The zero-order valence-electron chi connectivity index (χ0n) is 13.9. The van der Waals surface area contributed by atoms with Crippen LogP contribution >= 0.6 is 12.6 Å². The zero-order valence-corrected chi connectivity index (χ0v) is 14.8. The Labute approximate surface area is 139 Å². The van der Waals surface area contributed by atoms with E-state index in [1.807, 2.05) is 12.1 Å². The van der Waals surface area contributed by atoms with Crippen LogP contribution in [0.15, 0.2) is 29.7 Å². The van der Waals surface area contributed by atoms with Crippen LogP contribution in [0.3, 0.4) is 0 Å². The third-order valence-electron chi connectivity index (χ3n) is 4.55. The lowest BCUT2D eigenvalue weighted by Crippen LogP contribution is -2.41. The van der Waals surface area contributed by atoms with Gasteiger partial charge < -0.3 is 15.0 Å². The Morgan fingerprint density at radius 1 is 1.18 bits per heavy atom. The Morgan fingerprint density at radius 3 is 2.32 bits per heavy atom. The van der Waals surface area contributed by atoms with Gasteiger partial charge in [-0.2, -0.15) is 12.6 Å². The van der Waals surface area contributed by atoms with Crippen LogP contribution in [-0.4, -0.2) is 30.6 Å². The predicted octanol–water partition coefficient (Wildman–Crippen LogP) is 3.13. The molecule has 5 heteroatoms. The van der Waals surface area contributed by atoms with Gasteiger partial charge in [0.15, 0.2) is 0 Å². The molecule has 2 N–H and O–H groups in total. The van der Waals surface area contributed by atoms with Gasteiger partial charge in [-0.15, -0.1) is 0 Å². The van der Waals surface area contributed by atoms with Crippen LogP contribution in [0.25, 0.3) is 6.08 Å². The van der Waals surface area contributed by atoms with Crippen LogP contribution in [0.2, 0.25) is 0 Å². The lowest BCUT2D eigenvalue weighted by Gasteiger charge is -2.32. The van der Waals surface area contributed by atoms with Crippen LogP contribution in [0.4, 0.5) is 0 Å². The van der Waals surface area contributed by atoms with E-state index in [1.54, 1.807) is 0 Å². The summed E-state index contributed by atoms with van der Waals surface area (Å²) in [5, 5.41) is 0. The lowest BCUT2D eigenvalue weighted by atomic mass is 9.78. The summed E-state index contributed by atoms with van der Waals surface area (Å²) in [4.78, 5) is 0. The Bertz CT molecular complexity index is 541. The molecule has 0 spiro atoms. The normalized spacial score (nSPS) is 20.5. The molecule has 0 unspecified atom stereocenters. The number of nitrogens with two attached hydrogens (primary N) is 1. The smallest absolute Gasteiger partial charge is 0.400 e. The van der Waals surface area contributed by atoms with Gasteiger partial charge in [0.2, 0.25) is 0 Å². The van der Waals surface area contributed by atoms with Crippen LogP contribution in [0, 0.1) is 0 Å². The van der Waals surface area contributed by atoms with Crippen molar-refractivity contribution in [1.29, 1.82) is 0 Å². The maximum absolute atomic E-state index is 6.13. The molecule has 1 aromatic rings. The summed E-state index contributed by atoms with van der Waals surface area (Å²) >= 11 is 4.47. The van der Waals surface area contributed by atoms with Gasteiger partial charge in [0.05, 0.1) is 11.2 Å². The summed E-state index contributed by atoms with van der Waals surface area (Å²) in [5.41, 5.74) is 8.46. The molecule has 1 fully saturated rings. The van der Waals surface area contributed by atoms with E-state index in [2.05, 4.69) is 58.5 Å². The fourth-order valence-corrected chi connectivity index (χ4v) is 2.68. The fourth-order valence-electron chi connectivity index (χ4n) is 2.44. The van der Waals surface area contributed by atoms with Crippen molar-refractivity contribution in [1.82, 2.24) is 0 Å². The fraction of sp³-hybridized carbons (Fsp3) is 0.529. The maximum atomic E-state index is 6.13. The summed E-state index contributed by atoms with van der Waals surface area (Å²) in [6.07, 6.45) is 2.98. The minimum atomic E-state index is -0.353. The molecule has 1 aromatic carbocycles. The largest absolute Gasteiger partial charge is 0.491 e. The first-order valence-electron chi connectivity index (χ1n) is 7.75. The van der Waals surface area contributed by atoms with Crippen molar-refractivity contribution in [2.75, 3.05) is 12.3 Å². The highest BCUT2D eigenvalue weighted by atomic mass is 32.1. The second-order valence-electron chi connectivity index (χ2n) is 6.70. The molecule has 0 atom stereocenters. The highest BCUT2D eigenvalue weighted by Gasteiger charge is 2.52. The van der Waals surface area contributed by atoms with Crippen molar-refractivity contribution in [2.45, 2.75) is 45.3 Å². The molecule has 0 amide bonds. The Hall–Kier alpha value is -0.745. The summed E-state index contributed by atoms with van der Waals surface area (Å²) in [7, 11) is -0.353. The molecule has 0 bridgehead atoms. The Balaban J connectivity index is 2.30. The topological polar surface area (TPSA) is 44.5 Å². The van der Waals surface area contributed by atoms with Crippen molar-refractivity contribution in [2.24, 2.45) is 5.73 Å². The highest BCUT2D eigenvalue weighted by Crippen LogP contribution is 2.39. The molecular formula is C17H26BNO2S. The van der Waals surface area contributed by atoms with Gasteiger partial charge in [-0.1, -0.05) is 30.3 Å². The monoisotopic (exact) mass is 319 g/mol. The molecule has 120 valence electrons. The Kier molecular flexibility index (Phi) is 5.43. The Morgan fingerprint density at radius 2 is 1.77 bits per heavy atom. The van der Waals surface area contributed by atoms with Crippen molar-refractivity contribution >= 4 is 25.8 Å². The number of rotatable bonds is 5. The third kappa shape index (κ3) is 3.59. The van der Waals surface area contributed by atoms with Gasteiger partial charge >= 0.3 is 7.12 Å². The average molecular weight is 319 g/mol. The van der Waals surface area contributed by atoms with Gasteiger partial charge in [-0.3, -0.25) is 0 Å². The van der Waals surface area contributed by atoms with E-state index >= 15 is 0 Å². The summed E-state index contributed by atoms with van der Waals surface area (Å²) in [5.74, 6) is 0.591. The maximum Gasteiger partial charge on any atom is 0.491 e. The molecule has 1 heterocycles. The second kappa shape index (κ2) is 6.79. The third-order valence-corrected chi connectivity index (χ3v) is 4.91. The SMILES string of the molecule is CC1(C)OB(C(=Cc2ccccc2CCN)CS)OC1(C)C. The summed E-state index contributed by atoms with van der Waals surface area (Å²) in [6.45, 7) is 8.88. The molecule has 0 saturated carbocycles. The van der Waals surface area contributed by atoms with Crippen LogP contribution in [0.1, 0.15) is 38.8 Å². The zero-order chi connectivity index (χ0) is 16.4. The van der Waals surface area contributed by atoms with Gasteiger partial charge in [0.25, 0.3) is 0 Å². The molecular weight excluding hydrogens is 293 g/mol. The van der Waals surface area contributed by atoms with Crippen molar-refractivity contribution in [3.63, 3.8) is 0 Å². The van der Waals surface area contributed by atoms with Gasteiger partial charge in [0, 0.05) is 5.75 Å². The first kappa shape index (κ1) is 17.6. The van der Waals surface area contributed by atoms with Crippen molar-refractivity contribution in [3.05, 3.63) is 40.9 Å². The summed E-state index contributed by atoms with van der Waals surface area (Å²) < 4.78 is 12.3. The first-order chi connectivity index (χ1) is 10.3. The minimum absolute atomic E-state index is 0.337. The molecule has 1 aliphatic heterocycles. The van der Waals surface area contributed by atoms with Crippen LogP contribution in [0.5, 0.6) is 0 Å². The lowest BCUT2D eigenvalue weighted by molar-refractivity contribution is 0.00578. The molecule has 0 aromatic heterocycles. The number of benzene rings is 1. The average Bonchev–Trinajstić information content (AvgIpc) is 2.66. The molecule has 2 rings (SSSR count). The number of thiol groups is 1. The van der Waals surface area contributed by atoms with Crippen molar-refractivity contribution in [3.8, 4) is 0 Å². The van der Waals surface area contributed by atoms with Crippen LogP contribution in [-0.2, 0) is 15.7 Å². The quantitative estimate of drug-likeness (QED) is 0.647. The first-order valence-corrected chi connectivity index (χ1v) is 8.39. The molecule has 0 radical (unpaired) electrons. The molecule has 3 nitrogen and oxygen atoms in total. The molecule has 22 heavy (non-hydrogen) atoms. The highest BCUT2D eigenvalue weighted by molar-refractivity contribution is 7.80. The van der Waals surface area contributed by atoms with Crippen LogP contribution < -0.4 is 5.73 Å². The van der Waals surface area contributed by atoms with E-state index in [4.69, 9.17) is 15.0 Å². The van der Waals surface area contributed by atoms with Gasteiger partial charge in [-0.05, 0) is 57.3 Å². The van der Waals surface area contributed by atoms with Gasteiger partial charge in [-0.25, -0.2) is 0 Å². The predicted molar refractivity (Wildman–Crippen MR) is 97.1 cm³/mol. The van der Waals surface area contributed by atoms with E-state index in [0.29, 0.717) is 12.3 Å². The standard InChI is InChI=1S/C17H26BNO2S/c1-16(2)17(3,4)21-18(20-16)15(12-22)11-14-8-6-5-7-13(14)9-10-19/h5-8,11,22H,9-10,12,19H2,1-4H3. The summed E-state index contributed by atoms with van der Waals surface area (Å²) in [6, 6.07) is 8.28. The minimum Gasteiger partial charge on any atom is -0.400 e. The molecule has 0 aliphatic carbocycles. The van der Waals surface area contributed by atoms with Crippen molar-refractivity contribution < 1.29 is 9.31 Å². The number of hydrogen-bond donors (Lipinski definition) is 2. The van der Waals surface area contributed by atoms with E-state index < -0.39 is 0 Å². The molecule has 1 aliphatic rings. The molecule has 1 saturated heterocycles. The number of hydrogen-bond acceptors (Lipinski definition) is 4. The van der Waals surface area contributed by atoms with E-state index in [9.17, 15) is 0 Å². The van der Waals surface area contributed by atoms with E-state index in [0.717, 1.165) is 17.5 Å². The second-order valence-corrected chi connectivity index (χ2v) is 7.02. The van der Waals surface area contributed by atoms with Gasteiger partial charge in [0.1, 0.15) is 0 Å².